The Bertz CT molecular complexity index is 1010. The first-order valence-corrected chi connectivity index (χ1v) is 9.64. The van der Waals surface area contributed by atoms with Gasteiger partial charge in [-0.25, -0.2) is 0 Å². The third-order valence-corrected chi connectivity index (χ3v) is 6.54. The van der Waals surface area contributed by atoms with E-state index in [1.54, 1.807) is 0 Å². The lowest BCUT2D eigenvalue weighted by atomic mass is 9.52. The van der Waals surface area contributed by atoms with Crippen molar-refractivity contribution in [3.8, 4) is 0 Å². The van der Waals surface area contributed by atoms with E-state index in [9.17, 15) is 4.79 Å². The number of hydrogen-bond acceptors (Lipinski definition) is 1. The highest BCUT2D eigenvalue weighted by Crippen LogP contribution is 2.61. The second-order valence-corrected chi connectivity index (χ2v) is 8.13. The molecule has 0 heterocycles. The molecule has 134 valence electrons. The molecule has 0 unspecified atom stereocenters. The third kappa shape index (κ3) is 2.29. The fraction of sp³-hybridized carbons (Fsp3) is 0.240. The van der Waals surface area contributed by atoms with Crippen molar-refractivity contribution in [2.45, 2.75) is 32.1 Å². The van der Waals surface area contributed by atoms with Gasteiger partial charge in [0.05, 0.1) is 5.41 Å². The van der Waals surface area contributed by atoms with Crippen LogP contribution < -0.4 is 5.32 Å². The molecule has 3 aromatic rings. The normalized spacial score (nSPS) is 24.8. The first-order valence-electron chi connectivity index (χ1n) is 9.64. The average Bonchev–Trinajstić information content (AvgIpc) is 2.70. The van der Waals surface area contributed by atoms with Crippen molar-refractivity contribution >= 4 is 11.6 Å². The Morgan fingerprint density at radius 3 is 1.96 bits per heavy atom. The lowest BCUT2D eigenvalue weighted by molar-refractivity contribution is -0.126. The molecule has 3 aliphatic rings. The fourth-order valence-electron chi connectivity index (χ4n) is 5.17. The minimum atomic E-state index is -0.463. The lowest BCUT2D eigenvalue weighted by Crippen LogP contribution is -2.47. The van der Waals surface area contributed by atoms with Crippen molar-refractivity contribution in [2.24, 2.45) is 5.41 Å². The summed E-state index contributed by atoms with van der Waals surface area (Å²) < 4.78 is 0. The minimum Gasteiger partial charge on any atom is -0.325 e. The van der Waals surface area contributed by atoms with Crippen LogP contribution in [0.15, 0.2) is 72.8 Å². The molecule has 0 aromatic heterocycles. The van der Waals surface area contributed by atoms with Crippen molar-refractivity contribution in [1.82, 2.24) is 0 Å². The van der Waals surface area contributed by atoms with E-state index in [0.717, 1.165) is 17.7 Å². The van der Waals surface area contributed by atoms with Crippen LogP contribution in [0.2, 0.25) is 0 Å². The van der Waals surface area contributed by atoms with Gasteiger partial charge in [0, 0.05) is 17.5 Å². The first-order chi connectivity index (χ1) is 13.1. The van der Waals surface area contributed by atoms with Crippen molar-refractivity contribution in [2.75, 3.05) is 5.32 Å². The Balaban J connectivity index is 1.62. The molecule has 0 saturated heterocycles. The highest BCUT2D eigenvalue weighted by atomic mass is 16.2. The molecule has 3 aromatic carbocycles. The van der Waals surface area contributed by atoms with E-state index in [-0.39, 0.29) is 17.7 Å². The van der Waals surface area contributed by atoms with Crippen LogP contribution in [-0.2, 0) is 4.79 Å². The van der Waals surface area contributed by atoms with Gasteiger partial charge in [0.25, 0.3) is 0 Å². The molecule has 27 heavy (non-hydrogen) atoms. The van der Waals surface area contributed by atoms with Gasteiger partial charge < -0.3 is 5.32 Å². The molecule has 1 N–H and O–H groups in total. The van der Waals surface area contributed by atoms with Gasteiger partial charge in [0.2, 0.25) is 5.91 Å². The predicted octanol–water partition coefficient (Wildman–Crippen LogP) is 5.62. The molecular weight excluding hydrogens is 330 g/mol. The summed E-state index contributed by atoms with van der Waals surface area (Å²) in [4.78, 5) is 13.5. The van der Waals surface area contributed by atoms with Crippen LogP contribution in [0.5, 0.6) is 0 Å². The molecule has 0 radical (unpaired) electrons. The summed E-state index contributed by atoms with van der Waals surface area (Å²) in [6, 6.07) is 25.3. The molecule has 2 heteroatoms. The molecule has 6 rings (SSSR count). The van der Waals surface area contributed by atoms with Crippen LogP contribution in [-0.4, -0.2) is 5.91 Å². The van der Waals surface area contributed by atoms with Gasteiger partial charge in [-0.15, -0.1) is 0 Å². The number of nitrogens with one attached hydrogen (secondary N) is 1. The number of benzene rings is 3. The maximum atomic E-state index is 13.5. The summed E-state index contributed by atoms with van der Waals surface area (Å²) in [6.07, 6.45) is 0.851. The van der Waals surface area contributed by atoms with Crippen LogP contribution in [0, 0.1) is 12.3 Å². The maximum Gasteiger partial charge on any atom is 0.231 e. The van der Waals surface area contributed by atoms with E-state index in [0.29, 0.717) is 0 Å². The first kappa shape index (κ1) is 16.3. The third-order valence-electron chi connectivity index (χ3n) is 6.54. The molecule has 0 fully saturated rings. The van der Waals surface area contributed by atoms with E-state index in [1.807, 2.05) is 31.2 Å². The van der Waals surface area contributed by atoms with E-state index in [4.69, 9.17) is 0 Å². The molecule has 0 spiro atoms. The van der Waals surface area contributed by atoms with Gasteiger partial charge in [0.1, 0.15) is 0 Å². The zero-order chi connectivity index (χ0) is 18.6. The van der Waals surface area contributed by atoms with E-state index in [2.05, 4.69) is 60.8 Å². The Labute approximate surface area is 160 Å². The number of fused-ring (bicyclic) bond motifs is 1. The van der Waals surface area contributed by atoms with E-state index in [1.165, 1.54) is 22.3 Å². The average molecular weight is 353 g/mol. The second-order valence-electron chi connectivity index (χ2n) is 8.13. The van der Waals surface area contributed by atoms with Crippen LogP contribution in [0.1, 0.15) is 53.0 Å². The van der Waals surface area contributed by atoms with E-state index < -0.39 is 5.41 Å². The van der Waals surface area contributed by atoms with Gasteiger partial charge in [-0.1, -0.05) is 66.7 Å². The number of hydrogen-bond donors (Lipinski definition) is 1. The van der Waals surface area contributed by atoms with Gasteiger partial charge >= 0.3 is 0 Å². The Kier molecular flexibility index (Phi) is 3.51. The summed E-state index contributed by atoms with van der Waals surface area (Å²) in [5.41, 5.74) is 6.95. The second kappa shape index (κ2) is 5.82. The number of aryl methyl sites for hydroxylation is 1. The van der Waals surface area contributed by atoms with Gasteiger partial charge in [-0.2, -0.15) is 0 Å². The standard InChI is InChI=1S/C25H23NO/c1-16-9-3-8-14-22(16)26-24(27)25(2)15-21-17-10-4-6-12-19(17)23(25)20-13-7-5-11-18(20)21/h3-14,21,23H,15H2,1-2H3,(H,26,27)/t21?,23?,25-/m0/s1. The predicted molar refractivity (Wildman–Crippen MR) is 109 cm³/mol. The van der Waals surface area contributed by atoms with Crippen LogP contribution in [0.4, 0.5) is 5.69 Å². The Morgan fingerprint density at radius 2 is 1.37 bits per heavy atom. The molecule has 1 atom stereocenters. The summed E-state index contributed by atoms with van der Waals surface area (Å²) in [7, 11) is 0. The molecule has 0 aliphatic heterocycles. The number of rotatable bonds is 2. The zero-order valence-electron chi connectivity index (χ0n) is 15.7. The molecule has 0 saturated carbocycles. The fourth-order valence-corrected chi connectivity index (χ4v) is 5.17. The number of amides is 1. The van der Waals surface area contributed by atoms with Gasteiger partial charge in [-0.3, -0.25) is 4.79 Å². The molecule has 1 amide bonds. The van der Waals surface area contributed by atoms with Gasteiger partial charge in [-0.05, 0) is 54.2 Å². The number of para-hydroxylation sites is 1. The lowest BCUT2D eigenvalue weighted by Gasteiger charge is -2.50. The number of anilines is 1. The van der Waals surface area contributed by atoms with Crippen LogP contribution in [0.3, 0.4) is 0 Å². The highest BCUT2D eigenvalue weighted by Gasteiger charge is 2.53. The summed E-state index contributed by atoms with van der Waals surface area (Å²) in [5, 5.41) is 3.23. The van der Waals surface area contributed by atoms with E-state index >= 15 is 0 Å². The number of carbonyl (C=O) groups excluding carboxylic acids is 1. The zero-order valence-corrected chi connectivity index (χ0v) is 15.7. The summed E-state index contributed by atoms with van der Waals surface area (Å²) in [6.45, 7) is 4.18. The van der Waals surface area contributed by atoms with Crippen molar-refractivity contribution in [3.05, 3.63) is 101 Å². The van der Waals surface area contributed by atoms with Crippen LogP contribution >= 0.6 is 0 Å². The van der Waals surface area contributed by atoms with Crippen LogP contribution in [0.25, 0.3) is 0 Å². The Hall–Kier alpha value is -2.87. The highest BCUT2D eigenvalue weighted by molar-refractivity contribution is 5.97. The Morgan fingerprint density at radius 1 is 0.852 bits per heavy atom. The molecule has 3 aliphatic carbocycles. The topological polar surface area (TPSA) is 29.1 Å². The van der Waals surface area contributed by atoms with Crippen molar-refractivity contribution in [1.29, 1.82) is 0 Å². The summed E-state index contributed by atoms with van der Waals surface area (Å²) in [5.74, 6) is 0.504. The smallest absolute Gasteiger partial charge is 0.231 e. The molecular formula is C25H23NO. The van der Waals surface area contributed by atoms with Gasteiger partial charge in [0.15, 0.2) is 0 Å². The SMILES string of the molecule is Cc1ccccc1NC(=O)[C@@]1(C)CC2c3ccccc3C1c1ccccc12. The van der Waals surface area contributed by atoms with Crippen molar-refractivity contribution < 1.29 is 4.79 Å². The number of carbonyl (C=O) groups is 1. The molecule has 2 nitrogen and oxygen atoms in total. The van der Waals surface area contributed by atoms with Crippen molar-refractivity contribution in [3.63, 3.8) is 0 Å². The summed E-state index contributed by atoms with van der Waals surface area (Å²) >= 11 is 0. The monoisotopic (exact) mass is 353 g/mol. The maximum absolute atomic E-state index is 13.5. The minimum absolute atomic E-state index is 0.0962. The molecule has 2 bridgehead atoms. The largest absolute Gasteiger partial charge is 0.325 e. The quantitative estimate of drug-likeness (QED) is 0.636.